The fourth-order valence-electron chi connectivity index (χ4n) is 0.982. The number of methoxy groups -OCH3 is 1. The van der Waals surface area contributed by atoms with Gasteiger partial charge in [0, 0.05) is 0 Å². The van der Waals surface area contributed by atoms with Gasteiger partial charge in [-0.15, -0.1) is 0 Å². The summed E-state index contributed by atoms with van der Waals surface area (Å²) in [6, 6.07) is 8.38. The second-order valence-corrected chi connectivity index (χ2v) is 2.33. The van der Waals surface area contributed by atoms with Crippen molar-refractivity contribution >= 4 is 11.0 Å². The van der Waals surface area contributed by atoms with E-state index in [2.05, 4.69) is 16.0 Å². The smallest absolute Gasteiger partial charge is 0.232 e. The van der Waals surface area contributed by atoms with Crippen LogP contribution in [0, 0.1) is 6.07 Å². The van der Waals surface area contributed by atoms with Crippen LogP contribution in [0.4, 0.5) is 0 Å². The summed E-state index contributed by atoms with van der Waals surface area (Å²) in [5.74, 6) is 0.536. The zero-order chi connectivity index (χ0) is 8.39. The van der Waals surface area contributed by atoms with Crippen molar-refractivity contribution in [3.8, 4) is 5.88 Å². The molecule has 12 heavy (non-hydrogen) atoms. The molecule has 3 nitrogen and oxygen atoms in total. The maximum absolute atomic E-state index is 4.94. The minimum Gasteiger partial charge on any atom is -0.480 e. The van der Waals surface area contributed by atoms with Gasteiger partial charge in [-0.05, 0) is 18.2 Å². The summed E-state index contributed by atoms with van der Waals surface area (Å²) >= 11 is 0. The van der Waals surface area contributed by atoms with Crippen LogP contribution in [0.3, 0.4) is 0 Å². The summed E-state index contributed by atoms with van der Waals surface area (Å²) in [7, 11) is 1.57. The molecule has 0 fully saturated rings. The largest absolute Gasteiger partial charge is 0.480 e. The molecule has 1 heterocycles. The van der Waals surface area contributed by atoms with E-state index in [1.54, 1.807) is 25.4 Å². The summed E-state index contributed by atoms with van der Waals surface area (Å²) < 4.78 is 4.94. The third-order valence-corrected chi connectivity index (χ3v) is 1.57. The lowest BCUT2D eigenvalue weighted by Crippen LogP contribution is -1.89. The van der Waals surface area contributed by atoms with Gasteiger partial charge in [0.15, 0.2) is 0 Å². The SMILES string of the molecule is COc1cnc2c[c]ccc2n1. The average molecular weight is 159 g/mol. The molecule has 0 saturated heterocycles. The highest BCUT2D eigenvalue weighted by Gasteiger charge is 1.96. The number of rotatable bonds is 1. The molecule has 0 unspecified atom stereocenters. The van der Waals surface area contributed by atoms with E-state index in [1.807, 2.05) is 6.07 Å². The van der Waals surface area contributed by atoms with Crippen molar-refractivity contribution < 1.29 is 4.74 Å². The minimum absolute atomic E-state index is 0.536. The molecule has 2 aromatic rings. The van der Waals surface area contributed by atoms with E-state index >= 15 is 0 Å². The van der Waals surface area contributed by atoms with Crippen LogP contribution < -0.4 is 4.74 Å². The van der Waals surface area contributed by atoms with Crippen LogP contribution in [0.2, 0.25) is 0 Å². The first-order valence-corrected chi connectivity index (χ1v) is 3.57. The minimum atomic E-state index is 0.536. The zero-order valence-corrected chi connectivity index (χ0v) is 6.61. The molecule has 0 amide bonds. The van der Waals surface area contributed by atoms with Crippen LogP contribution in [0.25, 0.3) is 11.0 Å². The van der Waals surface area contributed by atoms with Gasteiger partial charge in [-0.2, -0.15) is 0 Å². The number of aromatic nitrogens is 2. The Kier molecular flexibility index (Phi) is 1.63. The molecule has 0 aliphatic rings. The predicted molar refractivity (Wildman–Crippen MR) is 44.9 cm³/mol. The molecule has 0 spiro atoms. The maximum Gasteiger partial charge on any atom is 0.232 e. The van der Waals surface area contributed by atoms with Crippen LogP contribution in [0.5, 0.6) is 5.88 Å². The Balaban J connectivity index is 2.67. The van der Waals surface area contributed by atoms with Gasteiger partial charge in [-0.1, -0.05) is 6.07 Å². The van der Waals surface area contributed by atoms with Crippen molar-refractivity contribution in [1.82, 2.24) is 9.97 Å². The normalized spacial score (nSPS) is 10.1. The van der Waals surface area contributed by atoms with Crippen molar-refractivity contribution in [1.29, 1.82) is 0 Å². The first-order chi connectivity index (χ1) is 5.90. The van der Waals surface area contributed by atoms with Crippen molar-refractivity contribution in [2.75, 3.05) is 7.11 Å². The summed E-state index contributed by atoms with van der Waals surface area (Å²) in [5.41, 5.74) is 1.66. The fraction of sp³-hybridized carbons (Fsp3) is 0.111. The van der Waals surface area contributed by atoms with Gasteiger partial charge in [-0.3, -0.25) is 0 Å². The molecule has 1 aromatic carbocycles. The van der Waals surface area contributed by atoms with Gasteiger partial charge in [0.1, 0.15) is 0 Å². The third kappa shape index (κ3) is 1.09. The van der Waals surface area contributed by atoms with E-state index in [-0.39, 0.29) is 0 Å². The first-order valence-electron chi connectivity index (χ1n) is 3.57. The number of ether oxygens (including phenoxy) is 1. The predicted octanol–water partition coefficient (Wildman–Crippen LogP) is 1.44. The summed E-state index contributed by atoms with van der Waals surface area (Å²) in [6.07, 6.45) is 1.59. The Morgan fingerprint density at radius 1 is 1.42 bits per heavy atom. The Bertz CT molecular complexity index is 400. The molecule has 0 saturated carbocycles. The lowest BCUT2D eigenvalue weighted by atomic mass is 10.3. The molecule has 0 aliphatic carbocycles. The molecule has 3 heteroatoms. The molecule has 2 rings (SSSR count). The summed E-state index contributed by atoms with van der Waals surface area (Å²) in [6.45, 7) is 0. The molecular weight excluding hydrogens is 152 g/mol. The van der Waals surface area contributed by atoms with Crippen LogP contribution >= 0.6 is 0 Å². The second kappa shape index (κ2) is 2.77. The van der Waals surface area contributed by atoms with Gasteiger partial charge in [0.2, 0.25) is 5.88 Å². The monoisotopic (exact) mass is 159 g/mol. The van der Waals surface area contributed by atoms with E-state index < -0.39 is 0 Å². The average Bonchev–Trinajstić information content (AvgIpc) is 2.17. The number of hydrogen-bond acceptors (Lipinski definition) is 3. The molecule has 1 radical (unpaired) electrons. The highest BCUT2D eigenvalue weighted by molar-refractivity contribution is 5.73. The number of hydrogen-bond donors (Lipinski definition) is 0. The van der Waals surface area contributed by atoms with Crippen molar-refractivity contribution in [2.24, 2.45) is 0 Å². The van der Waals surface area contributed by atoms with Gasteiger partial charge in [0.25, 0.3) is 0 Å². The van der Waals surface area contributed by atoms with E-state index in [0.717, 1.165) is 11.0 Å². The number of fused-ring (bicyclic) bond motifs is 1. The van der Waals surface area contributed by atoms with Crippen LogP contribution in [0.1, 0.15) is 0 Å². The van der Waals surface area contributed by atoms with Gasteiger partial charge < -0.3 is 4.74 Å². The fourth-order valence-corrected chi connectivity index (χ4v) is 0.982. The van der Waals surface area contributed by atoms with Crippen LogP contribution in [-0.2, 0) is 0 Å². The first kappa shape index (κ1) is 7.03. The Morgan fingerprint density at radius 3 is 3.17 bits per heavy atom. The zero-order valence-electron chi connectivity index (χ0n) is 6.61. The third-order valence-electron chi connectivity index (χ3n) is 1.57. The standard InChI is InChI=1S/C9H7N2O/c1-12-9-6-10-7-4-2-3-5-8(7)11-9/h3-6H,1H3. The quantitative estimate of drug-likeness (QED) is 0.631. The highest BCUT2D eigenvalue weighted by Crippen LogP contribution is 2.11. The van der Waals surface area contributed by atoms with E-state index in [4.69, 9.17) is 4.74 Å². The molecule has 1 aromatic heterocycles. The summed E-state index contributed by atoms with van der Waals surface area (Å²) in [4.78, 5) is 8.32. The molecule has 0 atom stereocenters. The Morgan fingerprint density at radius 2 is 2.33 bits per heavy atom. The Labute approximate surface area is 70.0 Å². The summed E-state index contributed by atoms with van der Waals surface area (Å²) in [5, 5.41) is 0. The van der Waals surface area contributed by atoms with Crippen molar-refractivity contribution in [3.63, 3.8) is 0 Å². The van der Waals surface area contributed by atoms with E-state index in [0.29, 0.717) is 5.88 Å². The van der Waals surface area contributed by atoms with Gasteiger partial charge in [-0.25, -0.2) is 9.97 Å². The lowest BCUT2D eigenvalue weighted by molar-refractivity contribution is 0.397. The molecule has 59 valence electrons. The number of benzene rings is 1. The molecular formula is C9H7N2O. The molecule has 0 bridgehead atoms. The second-order valence-electron chi connectivity index (χ2n) is 2.33. The Hall–Kier alpha value is -1.64. The van der Waals surface area contributed by atoms with E-state index in [9.17, 15) is 0 Å². The van der Waals surface area contributed by atoms with Crippen LogP contribution in [-0.4, -0.2) is 17.1 Å². The molecule has 0 aliphatic heterocycles. The number of nitrogens with zero attached hydrogens (tertiary/aromatic N) is 2. The van der Waals surface area contributed by atoms with Crippen molar-refractivity contribution in [2.45, 2.75) is 0 Å². The highest BCUT2D eigenvalue weighted by atomic mass is 16.5. The van der Waals surface area contributed by atoms with Crippen LogP contribution in [0.15, 0.2) is 24.4 Å². The molecule has 0 N–H and O–H groups in total. The van der Waals surface area contributed by atoms with Gasteiger partial charge >= 0.3 is 0 Å². The maximum atomic E-state index is 4.94. The topological polar surface area (TPSA) is 35.0 Å². The van der Waals surface area contributed by atoms with E-state index in [1.165, 1.54) is 0 Å². The van der Waals surface area contributed by atoms with Gasteiger partial charge in [0.05, 0.1) is 24.3 Å². The lowest BCUT2D eigenvalue weighted by Gasteiger charge is -1.98. The van der Waals surface area contributed by atoms with Crippen molar-refractivity contribution in [3.05, 3.63) is 30.5 Å².